The topological polar surface area (TPSA) is 63.6 Å². The molecule has 0 saturated heterocycles. The van der Waals surface area contributed by atoms with E-state index in [1.165, 1.54) is 13.0 Å². The van der Waals surface area contributed by atoms with Gasteiger partial charge in [0.2, 0.25) is 0 Å². The molecule has 0 spiro atoms. The predicted octanol–water partition coefficient (Wildman–Crippen LogP) is 0.970. The summed E-state index contributed by atoms with van der Waals surface area (Å²) in [7, 11) is 0. The van der Waals surface area contributed by atoms with Gasteiger partial charge in [0.05, 0.1) is 13.0 Å². The van der Waals surface area contributed by atoms with Crippen molar-refractivity contribution in [1.29, 1.82) is 0 Å². The molecule has 68 valence electrons. The summed E-state index contributed by atoms with van der Waals surface area (Å²) in [5.41, 5.74) is 0.333. The summed E-state index contributed by atoms with van der Waals surface area (Å²) in [6.07, 6.45) is 1.19. The van der Waals surface area contributed by atoms with Crippen LogP contribution in [0.1, 0.15) is 20.3 Å². The van der Waals surface area contributed by atoms with Crippen LogP contribution in [0.4, 0.5) is 0 Å². The van der Waals surface area contributed by atoms with E-state index in [-0.39, 0.29) is 6.42 Å². The summed E-state index contributed by atoms with van der Waals surface area (Å²) in [4.78, 5) is 21.0. The first-order valence-corrected chi connectivity index (χ1v) is 3.63. The summed E-state index contributed by atoms with van der Waals surface area (Å²) in [6.45, 7) is 3.53. The van der Waals surface area contributed by atoms with Gasteiger partial charge < -0.3 is 9.84 Å². The Bertz CT molecular complexity index is 205. The van der Waals surface area contributed by atoms with Gasteiger partial charge in [-0.05, 0) is 13.8 Å². The number of esters is 1. The molecule has 0 fully saturated rings. The van der Waals surface area contributed by atoms with Crippen LogP contribution in [0.3, 0.4) is 0 Å². The van der Waals surface area contributed by atoms with Crippen LogP contribution in [0.5, 0.6) is 0 Å². The summed E-state index contributed by atoms with van der Waals surface area (Å²) < 4.78 is 4.64. The molecule has 1 N–H and O–H groups in total. The van der Waals surface area contributed by atoms with Gasteiger partial charge in [-0.1, -0.05) is 6.08 Å². The molecule has 0 heterocycles. The third-order valence-electron chi connectivity index (χ3n) is 1.18. The molecule has 12 heavy (non-hydrogen) atoms. The Morgan fingerprint density at radius 1 is 1.50 bits per heavy atom. The second-order valence-corrected chi connectivity index (χ2v) is 2.21. The Kier molecular flexibility index (Phi) is 4.76. The standard InChI is InChI=1S/C8H12O4/c1-3-12-8(11)6(2)4-5-7(9)10/h4H,3,5H2,1-2H3,(H,9,10). The highest BCUT2D eigenvalue weighted by atomic mass is 16.5. The van der Waals surface area contributed by atoms with Crippen molar-refractivity contribution < 1.29 is 19.4 Å². The van der Waals surface area contributed by atoms with Crippen molar-refractivity contribution in [3.63, 3.8) is 0 Å². The number of rotatable bonds is 4. The lowest BCUT2D eigenvalue weighted by atomic mass is 10.2. The second-order valence-electron chi connectivity index (χ2n) is 2.21. The fourth-order valence-electron chi connectivity index (χ4n) is 0.569. The molecular formula is C8H12O4. The van der Waals surface area contributed by atoms with Crippen LogP contribution >= 0.6 is 0 Å². The van der Waals surface area contributed by atoms with E-state index in [1.54, 1.807) is 6.92 Å². The average Bonchev–Trinajstić information content (AvgIpc) is 2.00. The molecule has 0 aliphatic carbocycles. The Labute approximate surface area is 70.8 Å². The van der Waals surface area contributed by atoms with Crippen molar-refractivity contribution in [3.8, 4) is 0 Å². The highest BCUT2D eigenvalue weighted by molar-refractivity contribution is 5.88. The molecule has 0 rings (SSSR count). The van der Waals surface area contributed by atoms with E-state index in [0.717, 1.165) is 0 Å². The van der Waals surface area contributed by atoms with Gasteiger partial charge in [-0.25, -0.2) is 4.79 Å². The molecule has 0 saturated carbocycles. The zero-order valence-corrected chi connectivity index (χ0v) is 7.16. The Morgan fingerprint density at radius 3 is 2.50 bits per heavy atom. The van der Waals surface area contributed by atoms with Crippen LogP contribution in [-0.2, 0) is 14.3 Å². The number of hydrogen-bond acceptors (Lipinski definition) is 3. The van der Waals surface area contributed by atoms with Crippen molar-refractivity contribution in [1.82, 2.24) is 0 Å². The summed E-state index contributed by atoms with van der Waals surface area (Å²) >= 11 is 0. The third-order valence-corrected chi connectivity index (χ3v) is 1.18. The maximum absolute atomic E-state index is 10.9. The maximum atomic E-state index is 10.9. The van der Waals surface area contributed by atoms with Crippen molar-refractivity contribution in [2.75, 3.05) is 6.61 Å². The van der Waals surface area contributed by atoms with Gasteiger partial charge in [0.15, 0.2) is 0 Å². The Balaban J connectivity index is 3.99. The molecule has 0 aliphatic rings. The van der Waals surface area contributed by atoms with Crippen LogP contribution < -0.4 is 0 Å². The first-order chi connectivity index (χ1) is 5.57. The molecule has 0 bridgehead atoms. The van der Waals surface area contributed by atoms with Gasteiger partial charge >= 0.3 is 11.9 Å². The van der Waals surface area contributed by atoms with Crippen molar-refractivity contribution in [3.05, 3.63) is 11.6 Å². The van der Waals surface area contributed by atoms with Gasteiger partial charge in [-0.15, -0.1) is 0 Å². The first-order valence-electron chi connectivity index (χ1n) is 3.63. The molecule has 4 heteroatoms. The summed E-state index contributed by atoms with van der Waals surface area (Å²) in [5.74, 6) is -1.42. The van der Waals surface area contributed by atoms with Crippen molar-refractivity contribution in [2.24, 2.45) is 0 Å². The highest BCUT2D eigenvalue weighted by Gasteiger charge is 2.04. The number of carbonyl (C=O) groups excluding carboxylic acids is 1. The third kappa shape index (κ3) is 4.49. The van der Waals surface area contributed by atoms with Gasteiger partial charge in [-0.2, -0.15) is 0 Å². The molecule has 4 nitrogen and oxygen atoms in total. The Morgan fingerprint density at radius 2 is 2.08 bits per heavy atom. The van der Waals surface area contributed by atoms with E-state index < -0.39 is 11.9 Å². The molecule has 0 amide bonds. The van der Waals surface area contributed by atoms with Crippen LogP contribution in [-0.4, -0.2) is 23.7 Å². The number of ether oxygens (including phenoxy) is 1. The monoisotopic (exact) mass is 172 g/mol. The molecule has 0 aliphatic heterocycles. The largest absolute Gasteiger partial charge is 0.481 e. The van der Waals surface area contributed by atoms with Crippen LogP contribution in [0.15, 0.2) is 11.6 Å². The minimum atomic E-state index is -0.960. The first kappa shape index (κ1) is 10.7. The second kappa shape index (κ2) is 5.35. The van der Waals surface area contributed by atoms with Crippen molar-refractivity contribution >= 4 is 11.9 Å². The van der Waals surface area contributed by atoms with E-state index in [1.807, 2.05) is 0 Å². The molecule has 0 aromatic carbocycles. The van der Waals surface area contributed by atoms with E-state index in [0.29, 0.717) is 12.2 Å². The Hall–Kier alpha value is -1.32. The number of carboxylic acid groups (broad SMARTS) is 1. The van der Waals surface area contributed by atoms with E-state index in [4.69, 9.17) is 5.11 Å². The van der Waals surface area contributed by atoms with Crippen LogP contribution in [0.2, 0.25) is 0 Å². The minimum Gasteiger partial charge on any atom is -0.481 e. The van der Waals surface area contributed by atoms with Crippen LogP contribution in [0.25, 0.3) is 0 Å². The van der Waals surface area contributed by atoms with E-state index in [9.17, 15) is 9.59 Å². The van der Waals surface area contributed by atoms with Gasteiger partial charge in [-0.3, -0.25) is 4.79 Å². The molecule has 0 atom stereocenters. The van der Waals surface area contributed by atoms with Gasteiger partial charge in [0, 0.05) is 5.57 Å². The fraction of sp³-hybridized carbons (Fsp3) is 0.500. The fourth-order valence-corrected chi connectivity index (χ4v) is 0.569. The number of hydrogen-bond donors (Lipinski definition) is 1. The number of aliphatic carboxylic acids is 1. The lowest BCUT2D eigenvalue weighted by Gasteiger charge is -1.99. The molecule has 0 unspecified atom stereocenters. The predicted molar refractivity (Wildman–Crippen MR) is 42.6 cm³/mol. The van der Waals surface area contributed by atoms with Crippen molar-refractivity contribution in [2.45, 2.75) is 20.3 Å². The lowest BCUT2D eigenvalue weighted by Crippen LogP contribution is -2.05. The van der Waals surface area contributed by atoms with Gasteiger partial charge in [0.1, 0.15) is 0 Å². The van der Waals surface area contributed by atoms with Gasteiger partial charge in [0.25, 0.3) is 0 Å². The number of carboxylic acids is 1. The number of carbonyl (C=O) groups is 2. The zero-order chi connectivity index (χ0) is 9.56. The SMILES string of the molecule is CCOC(=O)C(C)=CCC(=O)O. The summed E-state index contributed by atoms with van der Waals surface area (Å²) in [6, 6.07) is 0. The van der Waals surface area contributed by atoms with E-state index >= 15 is 0 Å². The maximum Gasteiger partial charge on any atom is 0.333 e. The average molecular weight is 172 g/mol. The minimum absolute atomic E-state index is 0.148. The quantitative estimate of drug-likeness (QED) is 0.507. The molecular weight excluding hydrogens is 160 g/mol. The summed E-state index contributed by atoms with van der Waals surface area (Å²) in [5, 5.41) is 8.28. The molecule has 0 aromatic rings. The highest BCUT2D eigenvalue weighted by Crippen LogP contribution is 1.98. The molecule has 0 radical (unpaired) electrons. The van der Waals surface area contributed by atoms with Crippen LogP contribution in [0, 0.1) is 0 Å². The lowest BCUT2D eigenvalue weighted by molar-refractivity contribution is -0.138. The van der Waals surface area contributed by atoms with E-state index in [2.05, 4.69) is 4.74 Å². The smallest absolute Gasteiger partial charge is 0.333 e. The molecule has 0 aromatic heterocycles. The normalized spacial score (nSPS) is 11.0. The zero-order valence-electron chi connectivity index (χ0n) is 7.16.